The summed E-state index contributed by atoms with van der Waals surface area (Å²) in [4.78, 5) is 11.8. The maximum Gasteiger partial charge on any atom is 0.276 e. The smallest absolute Gasteiger partial charge is 0.276 e. The first kappa shape index (κ1) is 18.2. The average Bonchev–Trinajstić information content (AvgIpc) is 3.11. The summed E-state index contributed by atoms with van der Waals surface area (Å²) in [5, 5.41) is 21.0. The third kappa shape index (κ3) is 4.15. The molecular formula is C16H12FN5O4S. The fraction of sp³-hybridized carbons (Fsp3) is 0. The maximum atomic E-state index is 13.0. The molecule has 0 bridgehead atoms. The summed E-state index contributed by atoms with van der Waals surface area (Å²) in [6, 6.07) is 10.2. The summed E-state index contributed by atoms with van der Waals surface area (Å²) < 4.78 is 37.5. The van der Waals surface area contributed by atoms with Crippen LogP contribution in [0.2, 0.25) is 0 Å². The number of H-pyrrole nitrogens is 1. The van der Waals surface area contributed by atoms with Crippen LogP contribution >= 0.6 is 0 Å². The summed E-state index contributed by atoms with van der Waals surface area (Å²) in [6.07, 6.45) is 2.64. The maximum absolute atomic E-state index is 13.0. The number of benzene rings is 2. The third-order valence-electron chi connectivity index (χ3n) is 3.52. The van der Waals surface area contributed by atoms with E-state index in [1.165, 1.54) is 54.9 Å². The van der Waals surface area contributed by atoms with Crippen molar-refractivity contribution in [3.63, 3.8) is 0 Å². The average molecular weight is 389 g/mol. The summed E-state index contributed by atoms with van der Waals surface area (Å²) >= 11 is 0. The van der Waals surface area contributed by atoms with Gasteiger partial charge in [0.05, 0.1) is 27.9 Å². The molecule has 0 fully saturated rings. The molecule has 0 atom stereocenters. The second kappa shape index (κ2) is 7.33. The van der Waals surface area contributed by atoms with E-state index >= 15 is 0 Å². The highest BCUT2D eigenvalue weighted by molar-refractivity contribution is 7.89. The van der Waals surface area contributed by atoms with Gasteiger partial charge < -0.3 is 0 Å². The quantitative estimate of drug-likeness (QED) is 0.380. The van der Waals surface area contributed by atoms with Crippen molar-refractivity contribution in [3.05, 3.63) is 76.2 Å². The molecule has 138 valence electrons. The van der Waals surface area contributed by atoms with Crippen molar-refractivity contribution >= 4 is 21.9 Å². The lowest BCUT2D eigenvalue weighted by Crippen LogP contribution is -2.18. The molecule has 1 heterocycles. The fourth-order valence-corrected chi connectivity index (χ4v) is 3.05. The predicted octanol–water partition coefficient (Wildman–Crippen LogP) is 2.44. The summed E-state index contributed by atoms with van der Waals surface area (Å²) in [5.74, 6) is -0.391. The SMILES string of the molecule is O=[N+]([O-])c1cccc(S(=O)(=O)NN=Cc2cn[nH]c2-c2ccc(F)cc2)c1. The number of aromatic nitrogens is 2. The van der Waals surface area contributed by atoms with E-state index in [9.17, 15) is 22.9 Å². The van der Waals surface area contributed by atoms with E-state index in [1.807, 2.05) is 4.83 Å². The number of rotatable bonds is 6. The fourth-order valence-electron chi connectivity index (χ4n) is 2.22. The summed E-state index contributed by atoms with van der Waals surface area (Å²) in [7, 11) is -4.09. The number of non-ortho nitro benzene ring substituents is 1. The second-order valence-electron chi connectivity index (χ2n) is 5.31. The van der Waals surface area contributed by atoms with Crippen LogP contribution in [0, 0.1) is 15.9 Å². The van der Waals surface area contributed by atoms with Gasteiger partial charge in [-0.1, -0.05) is 6.07 Å². The van der Waals surface area contributed by atoms with Gasteiger partial charge in [-0.2, -0.15) is 18.6 Å². The highest BCUT2D eigenvalue weighted by Crippen LogP contribution is 2.20. The van der Waals surface area contributed by atoms with E-state index in [-0.39, 0.29) is 10.6 Å². The van der Waals surface area contributed by atoms with Gasteiger partial charge >= 0.3 is 0 Å². The zero-order chi connectivity index (χ0) is 19.4. The molecule has 0 amide bonds. The monoisotopic (exact) mass is 389 g/mol. The number of nitrogens with zero attached hydrogens (tertiary/aromatic N) is 3. The molecule has 0 unspecified atom stereocenters. The molecule has 3 aromatic rings. The minimum Gasteiger partial charge on any atom is -0.277 e. The van der Waals surface area contributed by atoms with E-state index in [0.29, 0.717) is 16.8 Å². The topological polar surface area (TPSA) is 130 Å². The number of halogens is 1. The lowest BCUT2D eigenvalue weighted by atomic mass is 10.1. The van der Waals surface area contributed by atoms with Gasteiger partial charge in [-0.25, -0.2) is 9.22 Å². The molecule has 1 aromatic heterocycles. The molecule has 0 radical (unpaired) electrons. The van der Waals surface area contributed by atoms with Gasteiger partial charge in [0, 0.05) is 23.3 Å². The molecule has 0 aliphatic heterocycles. The van der Waals surface area contributed by atoms with E-state index < -0.39 is 20.8 Å². The Bertz CT molecular complexity index is 1110. The van der Waals surface area contributed by atoms with Crippen LogP contribution in [0.5, 0.6) is 0 Å². The van der Waals surface area contributed by atoms with Gasteiger partial charge in [0.2, 0.25) is 0 Å². The van der Waals surface area contributed by atoms with Crippen LogP contribution in [0.1, 0.15) is 5.56 Å². The molecule has 2 aromatic carbocycles. The van der Waals surface area contributed by atoms with Crippen molar-refractivity contribution in [1.29, 1.82) is 0 Å². The Morgan fingerprint density at radius 1 is 1.22 bits per heavy atom. The van der Waals surface area contributed by atoms with E-state index in [2.05, 4.69) is 15.3 Å². The Morgan fingerprint density at radius 3 is 2.67 bits per heavy atom. The van der Waals surface area contributed by atoms with Crippen LogP contribution in [0.15, 0.2) is 64.7 Å². The minimum atomic E-state index is -4.09. The largest absolute Gasteiger partial charge is 0.277 e. The Morgan fingerprint density at radius 2 is 1.96 bits per heavy atom. The normalized spacial score (nSPS) is 11.6. The lowest BCUT2D eigenvalue weighted by Gasteiger charge is -2.03. The van der Waals surface area contributed by atoms with E-state index in [4.69, 9.17) is 0 Å². The predicted molar refractivity (Wildman–Crippen MR) is 95.0 cm³/mol. The minimum absolute atomic E-state index is 0.292. The molecule has 0 aliphatic carbocycles. The second-order valence-corrected chi connectivity index (χ2v) is 6.98. The van der Waals surface area contributed by atoms with Gasteiger partial charge in [-0.15, -0.1) is 0 Å². The molecule has 2 N–H and O–H groups in total. The van der Waals surface area contributed by atoms with Crippen molar-refractivity contribution in [2.24, 2.45) is 5.10 Å². The molecular weight excluding hydrogens is 377 g/mol. The van der Waals surface area contributed by atoms with Crippen molar-refractivity contribution in [1.82, 2.24) is 15.0 Å². The van der Waals surface area contributed by atoms with E-state index in [0.717, 1.165) is 6.07 Å². The van der Waals surface area contributed by atoms with E-state index in [1.54, 1.807) is 0 Å². The van der Waals surface area contributed by atoms with Crippen molar-refractivity contribution in [2.45, 2.75) is 4.90 Å². The third-order valence-corrected chi connectivity index (χ3v) is 4.74. The zero-order valence-corrected chi connectivity index (χ0v) is 14.4. The number of aromatic amines is 1. The molecule has 0 saturated carbocycles. The van der Waals surface area contributed by atoms with Gasteiger partial charge in [0.15, 0.2) is 0 Å². The summed E-state index contributed by atoms with van der Waals surface area (Å²) in [5.41, 5.74) is 1.27. The molecule has 27 heavy (non-hydrogen) atoms. The van der Waals surface area contributed by atoms with Crippen molar-refractivity contribution < 1.29 is 17.7 Å². The first-order chi connectivity index (χ1) is 12.9. The zero-order valence-electron chi connectivity index (χ0n) is 13.5. The van der Waals surface area contributed by atoms with Crippen LogP contribution in [0.3, 0.4) is 0 Å². The number of hydrogen-bond donors (Lipinski definition) is 2. The van der Waals surface area contributed by atoms with Gasteiger partial charge in [0.25, 0.3) is 15.7 Å². The van der Waals surface area contributed by atoms with Gasteiger partial charge in [0.1, 0.15) is 5.82 Å². The number of nitro groups is 1. The summed E-state index contributed by atoms with van der Waals surface area (Å²) in [6.45, 7) is 0. The molecule has 0 spiro atoms. The standard InChI is InChI=1S/C16H12FN5O4S/c17-13-6-4-11(5-7-13)16-12(9-18-20-16)10-19-21-27(25,26)15-3-1-2-14(8-15)22(23)24/h1-10,21H,(H,18,20). The van der Waals surface area contributed by atoms with Crippen LogP contribution < -0.4 is 4.83 Å². The van der Waals surface area contributed by atoms with Crippen LogP contribution in [-0.4, -0.2) is 29.8 Å². The number of hydrazone groups is 1. The van der Waals surface area contributed by atoms with Crippen molar-refractivity contribution in [2.75, 3.05) is 0 Å². The molecule has 3 rings (SSSR count). The number of nitro benzene ring substituents is 1. The highest BCUT2D eigenvalue weighted by atomic mass is 32.2. The Kier molecular flexibility index (Phi) is 4.94. The molecule has 0 aliphatic rings. The van der Waals surface area contributed by atoms with Gasteiger partial charge in [-0.05, 0) is 30.3 Å². The molecule has 9 nitrogen and oxygen atoms in total. The first-order valence-electron chi connectivity index (χ1n) is 7.45. The number of nitrogens with one attached hydrogen (secondary N) is 2. The Labute approximate surface area is 152 Å². The van der Waals surface area contributed by atoms with Gasteiger partial charge in [-0.3, -0.25) is 15.2 Å². The highest BCUT2D eigenvalue weighted by Gasteiger charge is 2.17. The Balaban J connectivity index is 1.80. The van der Waals surface area contributed by atoms with Crippen molar-refractivity contribution in [3.8, 4) is 11.3 Å². The molecule has 11 heteroatoms. The first-order valence-corrected chi connectivity index (χ1v) is 8.94. The number of hydrogen-bond acceptors (Lipinski definition) is 6. The van der Waals surface area contributed by atoms with Crippen LogP contribution in [0.25, 0.3) is 11.3 Å². The van der Waals surface area contributed by atoms with Crippen LogP contribution in [-0.2, 0) is 10.0 Å². The number of sulfonamides is 1. The Hall–Kier alpha value is -3.60. The molecule has 0 saturated heterocycles. The lowest BCUT2D eigenvalue weighted by molar-refractivity contribution is -0.385. The van der Waals surface area contributed by atoms with Crippen LogP contribution in [0.4, 0.5) is 10.1 Å².